The van der Waals surface area contributed by atoms with E-state index in [-0.39, 0.29) is 12.2 Å². The first kappa shape index (κ1) is 15.1. The highest BCUT2D eigenvalue weighted by Gasteiger charge is 2.33. The number of ether oxygens (including phenoxy) is 3. The predicted octanol–water partition coefficient (Wildman–Crippen LogP) is 2.58. The summed E-state index contributed by atoms with van der Waals surface area (Å²) in [7, 11) is 0. The molecule has 3 aromatic rings. The lowest BCUT2D eigenvalue weighted by Crippen LogP contribution is -2.15. The Morgan fingerprint density at radius 3 is 2.89 bits per heavy atom. The van der Waals surface area contributed by atoms with Gasteiger partial charge >= 0.3 is 5.95 Å². The molecule has 27 heavy (non-hydrogen) atoms. The van der Waals surface area contributed by atoms with Crippen LogP contribution in [0, 0.1) is 0 Å². The maximum Gasteiger partial charge on any atom is 0.308 e. The largest absolute Gasteiger partial charge is 0.479 e. The van der Waals surface area contributed by atoms with Gasteiger partial charge in [0, 0.05) is 6.42 Å². The van der Waals surface area contributed by atoms with Crippen LogP contribution < -0.4 is 14.2 Å². The molecule has 2 N–H and O–H groups in total. The van der Waals surface area contributed by atoms with Crippen LogP contribution >= 0.6 is 0 Å². The van der Waals surface area contributed by atoms with Gasteiger partial charge in [-0.2, -0.15) is 10.1 Å². The Bertz CT molecular complexity index is 966. The fourth-order valence-electron chi connectivity index (χ4n) is 3.91. The number of H-pyrrole nitrogens is 2. The van der Waals surface area contributed by atoms with E-state index in [1.807, 2.05) is 0 Å². The second-order valence-electron chi connectivity index (χ2n) is 7.15. The molecule has 0 aliphatic carbocycles. The quantitative estimate of drug-likeness (QED) is 0.714. The average molecular weight is 369 g/mol. The molecule has 0 saturated heterocycles. The smallest absolute Gasteiger partial charge is 0.308 e. The van der Waals surface area contributed by atoms with Crippen molar-refractivity contribution in [1.82, 2.24) is 25.1 Å². The topological polar surface area (TPSA) is 111 Å². The molecule has 0 radical (unpaired) electrons. The molecule has 2 unspecified atom stereocenters. The van der Waals surface area contributed by atoms with Crippen molar-refractivity contribution in [2.75, 3.05) is 6.61 Å². The van der Waals surface area contributed by atoms with Crippen molar-refractivity contribution >= 4 is 0 Å². The Kier molecular flexibility index (Phi) is 3.23. The van der Waals surface area contributed by atoms with Gasteiger partial charge in [-0.25, -0.2) is 4.98 Å². The molecule has 0 aromatic carbocycles. The van der Waals surface area contributed by atoms with Crippen molar-refractivity contribution < 1.29 is 18.6 Å². The van der Waals surface area contributed by atoms with Crippen molar-refractivity contribution in [3.63, 3.8) is 0 Å². The van der Waals surface area contributed by atoms with Crippen LogP contribution in [-0.4, -0.2) is 31.8 Å². The number of oxazole rings is 1. The van der Waals surface area contributed by atoms with Crippen LogP contribution in [0.1, 0.15) is 60.3 Å². The van der Waals surface area contributed by atoms with Crippen LogP contribution in [0.3, 0.4) is 0 Å². The Labute approximate surface area is 154 Å². The number of aromatic amines is 2. The van der Waals surface area contributed by atoms with Gasteiger partial charge in [0.25, 0.3) is 0 Å². The summed E-state index contributed by atoms with van der Waals surface area (Å²) in [5, 5.41) is 7.00. The second kappa shape index (κ2) is 5.77. The van der Waals surface area contributed by atoms with Gasteiger partial charge in [-0.05, 0) is 32.1 Å². The molecular formula is C18H19N5O4. The number of nitrogens with zero attached hydrogens (tertiary/aromatic N) is 3. The van der Waals surface area contributed by atoms with Crippen molar-refractivity contribution in [3.05, 3.63) is 35.0 Å². The summed E-state index contributed by atoms with van der Waals surface area (Å²) in [6.07, 6.45) is 6.54. The lowest BCUT2D eigenvalue weighted by molar-refractivity contribution is 0.126. The van der Waals surface area contributed by atoms with E-state index in [4.69, 9.17) is 18.6 Å². The molecule has 0 bridgehead atoms. The van der Waals surface area contributed by atoms with E-state index in [9.17, 15) is 0 Å². The number of rotatable bonds is 2. The maximum absolute atomic E-state index is 6.09. The van der Waals surface area contributed by atoms with Crippen LogP contribution in [0.15, 0.2) is 10.6 Å². The van der Waals surface area contributed by atoms with Crippen LogP contribution in [0.5, 0.6) is 17.6 Å². The fraction of sp³-hybridized carbons (Fsp3) is 0.500. The molecule has 0 saturated carbocycles. The minimum Gasteiger partial charge on any atom is -0.479 e. The molecular weight excluding hydrogens is 350 g/mol. The highest BCUT2D eigenvalue weighted by atomic mass is 16.6. The molecule has 3 aromatic heterocycles. The van der Waals surface area contributed by atoms with Gasteiger partial charge < -0.3 is 23.6 Å². The standard InChI is InChI=1S/C18H19N5O4/c1-2-11-18(24-7-1)27-17(21-11)13-6-4-10-16(26-13)22-15(20-10)12-5-3-9-14(25-12)8-19-23-9/h8,12-13H,1-7H2,(H,19,23)(H,20,22). The van der Waals surface area contributed by atoms with E-state index in [1.165, 1.54) is 0 Å². The zero-order valence-corrected chi connectivity index (χ0v) is 14.7. The van der Waals surface area contributed by atoms with Crippen molar-refractivity contribution in [3.8, 4) is 17.6 Å². The molecule has 3 aliphatic rings. The Balaban J connectivity index is 1.23. The van der Waals surface area contributed by atoms with Gasteiger partial charge in [-0.1, -0.05) is 0 Å². The van der Waals surface area contributed by atoms with Crippen LogP contribution in [-0.2, 0) is 19.3 Å². The third-order valence-electron chi connectivity index (χ3n) is 5.32. The van der Waals surface area contributed by atoms with E-state index in [0.29, 0.717) is 24.3 Å². The SMILES string of the molecule is c1n[nH]c2c1OC(c1nc3c([nH]1)CCC(c1nc4c(o1)OCCC4)O3)CC2. The Morgan fingerprint density at radius 1 is 1.00 bits per heavy atom. The monoisotopic (exact) mass is 369 g/mol. The first-order valence-corrected chi connectivity index (χ1v) is 9.40. The number of hydrogen-bond acceptors (Lipinski definition) is 7. The van der Waals surface area contributed by atoms with E-state index in [0.717, 1.165) is 67.2 Å². The van der Waals surface area contributed by atoms with Crippen molar-refractivity contribution in [2.45, 2.75) is 50.7 Å². The van der Waals surface area contributed by atoms with E-state index in [2.05, 4.69) is 25.1 Å². The third kappa shape index (κ3) is 2.48. The number of imidazole rings is 1. The van der Waals surface area contributed by atoms with Crippen molar-refractivity contribution in [1.29, 1.82) is 0 Å². The molecule has 0 spiro atoms. The summed E-state index contributed by atoms with van der Waals surface area (Å²) in [6, 6.07) is 0. The van der Waals surface area contributed by atoms with Gasteiger partial charge in [0.2, 0.25) is 11.8 Å². The zero-order chi connectivity index (χ0) is 17.8. The number of aryl methyl sites for hydroxylation is 3. The van der Waals surface area contributed by atoms with Gasteiger partial charge in [-0.3, -0.25) is 5.10 Å². The average Bonchev–Trinajstić information content (AvgIpc) is 3.42. The van der Waals surface area contributed by atoms with Crippen LogP contribution in [0.25, 0.3) is 0 Å². The third-order valence-corrected chi connectivity index (χ3v) is 5.32. The molecule has 0 fully saturated rings. The predicted molar refractivity (Wildman–Crippen MR) is 90.9 cm³/mol. The first-order chi connectivity index (χ1) is 13.3. The fourth-order valence-corrected chi connectivity index (χ4v) is 3.91. The molecule has 3 aliphatic heterocycles. The summed E-state index contributed by atoms with van der Waals surface area (Å²) < 4.78 is 23.4. The molecule has 6 heterocycles. The molecule has 2 atom stereocenters. The minimum absolute atomic E-state index is 0.120. The number of aromatic nitrogens is 5. The lowest BCUT2D eigenvalue weighted by Gasteiger charge is -2.21. The molecule has 140 valence electrons. The van der Waals surface area contributed by atoms with Crippen LogP contribution in [0.4, 0.5) is 0 Å². The highest BCUT2D eigenvalue weighted by molar-refractivity contribution is 5.30. The summed E-state index contributed by atoms with van der Waals surface area (Å²) >= 11 is 0. The van der Waals surface area contributed by atoms with Gasteiger partial charge in [0.1, 0.15) is 5.69 Å². The zero-order valence-electron chi connectivity index (χ0n) is 14.7. The van der Waals surface area contributed by atoms with Gasteiger partial charge in [0.15, 0.2) is 23.8 Å². The first-order valence-electron chi connectivity index (χ1n) is 9.40. The molecule has 9 heteroatoms. The number of nitrogens with one attached hydrogen (secondary N) is 2. The van der Waals surface area contributed by atoms with E-state index < -0.39 is 0 Å². The second-order valence-corrected chi connectivity index (χ2v) is 7.15. The van der Waals surface area contributed by atoms with Crippen molar-refractivity contribution in [2.24, 2.45) is 0 Å². The van der Waals surface area contributed by atoms with E-state index >= 15 is 0 Å². The van der Waals surface area contributed by atoms with E-state index in [1.54, 1.807) is 6.20 Å². The maximum atomic E-state index is 6.09. The van der Waals surface area contributed by atoms with Gasteiger partial charge in [-0.15, -0.1) is 0 Å². The Morgan fingerprint density at radius 2 is 1.93 bits per heavy atom. The molecule has 6 rings (SSSR count). The summed E-state index contributed by atoms with van der Waals surface area (Å²) in [5.41, 5.74) is 2.92. The minimum atomic E-state index is -0.240. The molecule has 0 amide bonds. The highest BCUT2D eigenvalue weighted by Crippen LogP contribution is 2.39. The van der Waals surface area contributed by atoms with Crippen LogP contribution in [0.2, 0.25) is 0 Å². The summed E-state index contributed by atoms with van der Waals surface area (Å²) in [6.45, 7) is 0.680. The molecule has 9 nitrogen and oxygen atoms in total. The summed E-state index contributed by atoms with van der Waals surface area (Å²) in [5.74, 6) is 3.32. The lowest BCUT2D eigenvalue weighted by atomic mass is 10.1. The normalized spacial score (nSPS) is 23.4. The summed E-state index contributed by atoms with van der Waals surface area (Å²) in [4.78, 5) is 12.6. The number of hydrogen-bond donors (Lipinski definition) is 2. The van der Waals surface area contributed by atoms with Gasteiger partial charge in [0.05, 0.1) is 24.2 Å². The number of fused-ring (bicyclic) bond motifs is 3. The Hall–Kier alpha value is -2.97.